The summed E-state index contributed by atoms with van der Waals surface area (Å²) in [6.07, 6.45) is 2.20. The Bertz CT molecular complexity index is 597. The Balaban J connectivity index is 1.87. The Hall–Kier alpha value is -1.95. The lowest BCUT2D eigenvalue weighted by Crippen LogP contribution is -2.33. The molecule has 2 saturated heterocycles. The van der Waals surface area contributed by atoms with Gasteiger partial charge in [-0.1, -0.05) is 0 Å². The van der Waals surface area contributed by atoms with E-state index in [1.165, 1.54) is 0 Å². The van der Waals surface area contributed by atoms with Crippen LogP contribution in [0, 0.1) is 5.41 Å². The number of ether oxygens (including phenoxy) is 3. The summed E-state index contributed by atoms with van der Waals surface area (Å²) in [6.45, 7) is 3.63. The smallest absolute Gasteiger partial charge is 0.257 e. The van der Waals surface area contributed by atoms with Gasteiger partial charge in [-0.25, -0.2) is 0 Å². The molecule has 2 fully saturated rings. The predicted octanol–water partition coefficient (Wildman–Crippen LogP) is 1.54. The van der Waals surface area contributed by atoms with Gasteiger partial charge in [-0.2, -0.15) is 0 Å². The van der Waals surface area contributed by atoms with Crippen molar-refractivity contribution in [1.82, 2.24) is 10.2 Å². The van der Waals surface area contributed by atoms with Crippen LogP contribution in [0.15, 0.2) is 12.1 Å². The number of carbonyl (C=O) groups is 1. The lowest BCUT2D eigenvalue weighted by molar-refractivity contribution is 0.0772. The Morgan fingerprint density at radius 1 is 1.09 bits per heavy atom. The average molecular weight is 320 g/mol. The maximum absolute atomic E-state index is 13.0. The zero-order chi connectivity index (χ0) is 16.4. The summed E-state index contributed by atoms with van der Waals surface area (Å²) in [6, 6.07) is 3.41. The fraction of sp³-hybridized carbons (Fsp3) is 0.588. The van der Waals surface area contributed by atoms with Gasteiger partial charge in [-0.3, -0.25) is 4.79 Å². The molecule has 0 aromatic heterocycles. The van der Waals surface area contributed by atoms with Crippen molar-refractivity contribution < 1.29 is 19.0 Å². The van der Waals surface area contributed by atoms with Crippen molar-refractivity contribution in [3.63, 3.8) is 0 Å². The highest BCUT2D eigenvalue weighted by atomic mass is 16.5. The van der Waals surface area contributed by atoms with Crippen LogP contribution in [-0.4, -0.2) is 58.3 Å². The van der Waals surface area contributed by atoms with Crippen molar-refractivity contribution >= 4 is 5.91 Å². The molecule has 0 saturated carbocycles. The maximum atomic E-state index is 13.0. The van der Waals surface area contributed by atoms with E-state index in [1.54, 1.807) is 33.5 Å². The lowest BCUT2D eigenvalue weighted by atomic mass is 9.86. The SMILES string of the molecule is COc1cc(OC)c(C(=O)N2CCC3(CCNC3)C2)cc1OC. The summed E-state index contributed by atoms with van der Waals surface area (Å²) in [5.41, 5.74) is 0.771. The minimum atomic E-state index is -0.00780. The topological polar surface area (TPSA) is 60.0 Å². The van der Waals surface area contributed by atoms with Crippen LogP contribution in [0.2, 0.25) is 0 Å². The summed E-state index contributed by atoms with van der Waals surface area (Å²) < 4.78 is 16.0. The minimum absolute atomic E-state index is 0.00780. The van der Waals surface area contributed by atoms with Gasteiger partial charge in [0.25, 0.3) is 5.91 Å². The average Bonchev–Trinajstić information content (AvgIpc) is 3.23. The van der Waals surface area contributed by atoms with Crippen molar-refractivity contribution in [1.29, 1.82) is 0 Å². The third kappa shape index (κ3) is 2.83. The molecule has 1 amide bonds. The molecule has 0 radical (unpaired) electrons. The second kappa shape index (κ2) is 6.28. The fourth-order valence-electron chi connectivity index (χ4n) is 3.62. The van der Waals surface area contributed by atoms with Crippen molar-refractivity contribution in [2.45, 2.75) is 12.8 Å². The standard InChI is InChI=1S/C17H24N2O4/c1-21-13-9-15(23-3)14(22-2)8-12(13)16(20)19-7-5-17(11-19)4-6-18-10-17/h8-9,18H,4-7,10-11H2,1-3H3. The minimum Gasteiger partial charge on any atom is -0.496 e. The molecule has 2 heterocycles. The molecule has 23 heavy (non-hydrogen) atoms. The van der Waals surface area contributed by atoms with Crippen LogP contribution >= 0.6 is 0 Å². The van der Waals surface area contributed by atoms with E-state index >= 15 is 0 Å². The summed E-state index contributed by atoms with van der Waals surface area (Å²) in [4.78, 5) is 14.9. The largest absolute Gasteiger partial charge is 0.496 e. The number of methoxy groups -OCH3 is 3. The molecule has 6 heteroatoms. The van der Waals surface area contributed by atoms with Crippen molar-refractivity contribution in [2.24, 2.45) is 5.41 Å². The molecular weight excluding hydrogens is 296 g/mol. The van der Waals surface area contributed by atoms with Crippen LogP contribution in [0.25, 0.3) is 0 Å². The number of rotatable bonds is 4. The summed E-state index contributed by atoms with van der Waals surface area (Å²) in [5, 5.41) is 3.41. The molecule has 2 aliphatic heterocycles. The van der Waals surface area contributed by atoms with Gasteiger partial charge in [0.15, 0.2) is 11.5 Å². The van der Waals surface area contributed by atoms with E-state index in [-0.39, 0.29) is 11.3 Å². The highest BCUT2D eigenvalue weighted by Gasteiger charge is 2.42. The van der Waals surface area contributed by atoms with Crippen molar-refractivity contribution in [2.75, 3.05) is 47.5 Å². The molecule has 1 atom stereocenters. The first kappa shape index (κ1) is 15.9. The number of benzene rings is 1. The normalized spacial score (nSPS) is 23.3. The number of carbonyl (C=O) groups excluding carboxylic acids is 1. The van der Waals surface area contributed by atoms with Crippen molar-refractivity contribution in [3.05, 3.63) is 17.7 Å². The van der Waals surface area contributed by atoms with Crippen LogP contribution in [0.4, 0.5) is 0 Å². The molecular formula is C17H24N2O4. The van der Waals surface area contributed by atoms with Crippen molar-refractivity contribution in [3.8, 4) is 17.2 Å². The zero-order valence-corrected chi connectivity index (χ0v) is 14.0. The van der Waals surface area contributed by atoms with E-state index in [9.17, 15) is 4.79 Å². The second-order valence-corrected chi connectivity index (χ2v) is 6.31. The van der Waals surface area contributed by atoms with Crippen LogP contribution < -0.4 is 19.5 Å². The number of hydrogen-bond acceptors (Lipinski definition) is 5. The van der Waals surface area contributed by atoms with Gasteiger partial charge in [0.2, 0.25) is 0 Å². The predicted molar refractivity (Wildman–Crippen MR) is 86.5 cm³/mol. The van der Waals surface area contributed by atoms with Crippen LogP contribution in [0.5, 0.6) is 17.2 Å². The summed E-state index contributed by atoms with van der Waals surface area (Å²) in [5.74, 6) is 1.59. The second-order valence-electron chi connectivity index (χ2n) is 6.31. The summed E-state index contributed by atoms with van der Waals surface area (Å²) >= 11 is 0. The van der Waals surface area contributed by atoms with E-state index < -0.39 is 0 Å². The van der Waals surface area contributed by atoms with Crippen LogP contribution in [0.3, 0.4) is 0 Å². The quantitative estimate of drug-likeness (QED) is 0.912. The molecule has 3 rings (SSSR count). The third-order valence-corrected chi connectivity index (χ3v) is 4.99. The fourth-order valence-corrected chi connectivity index (χ4v) is 3.62. The van der Waals surface area contributed by atoms with Gasteiger partial charge in [0.05, 0.1) is 26.9 Å². The molecule has 1 spiro atoms. The Morgan fingerprint density at radius 3 is 2.39 bits per heavy atom. The first-order valence-corrected chi connectivity index (χ1v) is 7.92. The maximum Gasteiger partial charge on any atom is 0.257 e. The van der Waals surface area contributed by atoms with E-state index in [2.05, 4.69) is 5.32 Å². The Labute approximate surface area is 136 Å². The number of nitrogens with one attached hydrogen (secondary N) is 1. The number of likely N-dealkylation sites (tertiary alicyclic amines) is 1. The van der Waals surface area contributed by atoms with Gasteiger partial charge >= 0.3 is 0 Å². The van der Waals surface area contributed by atoms with Crippen LogP contribution in [-0.2, 0) is 0 Å². The number of hydrogen-bond donors (Lipinski definition) is 1. The highest BCUT2D eigenvalue weighted by molar-refractivity contribution is 5.98. The number of amides is 1. The molecule has 126 valence electrons. The van der Waals surface area contributed by atoms with Gasteiger partial charge in [-0.15, -0.1) is 0 Å². The molecule has 1 unspecified atom stereocenters. The summed E-state index contributed by atoms with van der Waals surface area (Å²) in [7, 11) is 4.69. The van der Waals surface area contributed by atoms with Gasteiger partial charge in [0, 0.05) is 37.2 Å². The first-order valence-electron chi connectivity index (χ1n) is 7.92. The molecule has 1 aromatic carbocycles. The number of nitrogens with zero attached hydrogens (tertiary/aromatic N) is 1. The molecule has 1 aromatic rings. The molecule has 0 aliphatic carbocycles. The van der Waals surface area contributed by atoms with Gasteiger partial charge in [-0.05, 0) is 19.4 Å². The first-order chi connectivity index (χ1) is 11.1. The van der Waals surface area contributed by atoms with Gasteiger partial charge in [0.1, 0.15) is 5.75 Å². The van der Waals surface area contributed by atoms with Crippen LogP contribution in [0.1, 0.15) is 23.2 Å². The van der Waals surface area contributed by atoms with E-state index in [1.807, 2.05) is 4.90 Å². The molecule has 2 aliphatic rings. The lowest BCUT2D eigenvalue weighted by Gasteiger charge is -2.23. The molecule has 0 bridgehead atoms. The monoisotopic (exact) mass is 320 g/mol. The van der Waals surface area contributed by atoms with E-state index in [0.717, 1.165) is 39.0 Å². The van der Waals surface area contributed by atoms with Gasteiger partial charge < -0.3 is 24.4 Å². The zero-order valence-electron chi connectivity index (χ0n) is 14.0. The highest BCUT2D eigenvalue weighted by Crippen LogP contribution is 2.39. The Kier molecular flexibility index (Phi) is 4.35. The molecule has 6 nitrogen and oxygen atoms in total. The third-order valence-electron chi connectivity index (χ3n) is 4.99. The molecule has 1 N–H and O–H groups in total. The van der Waals surface area contributed by atoms with E-state index in [4.69, 9.17) is 14.2 Å². The van der Waals surface area contributed by atoms with E-state index in [0.29, 0.717) is 22.8 Å². The Morgan fingerprint density at radius 2 is 1.78 bits per heavy atom.